The highest BCUT2D eigenvalue weighted by molar-refractivity contribution is 9.11. The lowest BCUT2D eigenvalue weighted by atomic mass is 10.1. The van der Waals surface area contributed by atoms with Crippen molar-refractivity contribution in [1.82, 2.24) is 5.32 Å². The van der Waals surface area contributed by atoms with Crippen molar-refractivity contribution < 1.29 is 0 Å². The fraction of sp³-hybridized carbons (Fsp3) is 0.636. The summed E-state index contributed by atoms with van der Waals surface area (Å²) >= 11 is 7.51. The topological polar surface area (TPSA) is 12.0 Å². The van der Waals surface area contributed by atoms with E-state index in [1.54, 1.807) is 0 Å². The Morgan fingerprint density at radius 1 is 1.60 bits per heavy atom. The number of likely N-dealkylation sites (N-methyl/N-ethyl adjacent to an activating group) is 1. The van der Waals surface area contributed by atoms with Crippen LogP contribution >= 0.6 is 39.0 Å². The van der Waals surface area contributed by atoms with Crippen LogP contribution in [-0.2, 0) is 6.42 Å². The van der Waals surface area contributed by atoms with E-state index in [9.17, 15) is 0 Å². The van der Waals surface area contributed by atoms with Crippen LogP contribution in [-0.4, -0.2) is 24.1 Å². The third kappa shape index (κ3) is 3.22. The second-order valence-corrected chi connectivity index (χ2v) is 7.75. The van der Waals surface area contributed by atoms with E-state index in [2.05, 4.69) is 52.2 Å². The number of thiophene rings is 1. The van der Waals surface area contributed by atoms with Crippen molar-refractivity contribution in [2.45, 2.75) is 30.6 Å². The Balaban J connectivity index is 1.95. The van der Waals surface area contributed by atoms with Gasteiger partial charge in [0.2, 0.25) is 0 Å². The normalized spacial score (nSPS) is 23.2. The van der Waals surface area contributed by atoms with Gasteiger partial charge in [-0.3, -0.25) is 0 Å². The summed E-state index contributed by atoms with van der Waals surface area (Å²) in [5.41, 5.74) is 0. The molecule has 2 unspecified atom stereocenters. The number of halogens is 1. The molecule has 2 atom stereocenters. The zero-order valence-electron chi connectivity index (χ0n) is 8.83. The average Bonchev–Trinajstić information content (AvgIpc) is 2.85. The van der Waals surface area contributed by atoms with Gasteiger partial charge in [0.1, 0.15) is 0 Å². The maximum Gasteiger partial charge on any atom is 0.0701 e. The van der Waals surface area contributed by atoms with Gasteiger partial charge in [-0.15, -0.1) is 11.3 Å². The SMILES string of the molecule is CNC(Cc1ccc(Br)s1)C1CCCS1. The number of rotatable bonds is 4. The minimum absolute atomic E-state index is 0.642. The van der Waals surface area contributed by atoms with Crippen LogP contribution in [0.3, 0.4) is 0 Å². The van der Waals surface area contributed by atoms with Gasteiger partial charge >= 0.3 is 0 Å². The van der Waals surface area contributed by atoms with E-state index in [-0.39, 0.29) is 0 Å². The van der Waals surface area contributed by atoms with Gasteiger partial charge in [-0.1, -0.05) is 0 Å². The molecule has 1 fully saturated rings. The molecule has 1 N–H and O–H groups in total. The minimum Gasteiger partial charge on any atom is -0.316 e. The Hall–Kier alpha value is 0.490. The van der Waals surface area contributed by atoms with Crippen LogP contribution in [0.4, 0.5) is 0 Å². The minimum atomic E-state index is 0.642. The van der Waals surface area contributed by atoms with Gasteiger partial charge in [0.25, 0.3) is 0 Å². The molecule has 2 heterocycles. The lowest BCUT2D eigenvalue weighted by Gasteiger charge is -2.21. The molecule has 0 spiro atoms. The molecular formula is C11H16BrNS2. The summed E-state index contributed by atoms with van der Waals surface area (Å²) in [7, 11) is 2.09. The Morgan fingerprint density at radius 3 is 3.00 bits per heavy atom. The Labute approximate surface area is 108 Å². The van der Waals surface area contributed by atoms with Crippen LogP contribution in [0.2, 0.25) is 0 Å². The molecule has 0 aliphatic carbocycles. The molecule has 0 bridgehead atoms. The third-order valence-corrected chi connectivity index (χ3v) is 6.00. The molecule has 15 heavy (non-hydrogen) atoms. The fourth-order valence-corrected chi connectivity index (χ4v) is 4.99. The van der Waals surface area contributed by atoms with Crippen molar-refractivity contribution in [1.29, 1.82) is 0 Å². The van der Waals surface area contributed by atoms with Gasteiger partial charge in [0.15, 0.2) is 0 Å². The second-order valence-electron chi connectivity index (χ2n) is 3.86. The molecule has 1 saturated heterocycles. The zero-order valence-corrected chi connectivity index (χ0v) is 12.1. The van der Waals surface area contributed by atoms with Crippen molar-refractivity contribution in [2.75, 3.05) is 12.8 Å². The summed E-state index contributed by atoms with van der Waals surface area (Å²) in [5.74, 6) is 1.34. The molecule has 0 saturated carbocycles. The van der Waals surface area contributed by atoms with Crippen LogP contribution in [0, 0.1) is 0 Å². The van der Waals surface area contributed by atoms with Crippen molar-refractivity contribution in [3.05, 3.63) is 20.8 Å². The molecule has 1 aliphatic rings. The number of thioether (sulfide) groups is 1. The summed E-state index contributed by atoms with van der Waals surface area (Å²) in [6, 6.07) is 5.02. The first-order valence-corrected chi connectivity index (χ1v) is 7.98. The summed E-state index contributed by atoms with van der Waals surface area (Å²) < 4.78 is 1.24. The van der Waals surface area contributed by atoms with Crippen molar-refractivity contribution in [2.24, 2.45) is 0 Å². The predicted molar refractivity (Wildman–Crippen MR) is 74.1 cm³/mol. The summed E-state index contributed by atoms with van der Waals surface area (Å²) in [5, 5.41) is 4.29. The molecule has 0 radical (unpaired) electrons. The molecule has 84 valence electrons. The summed E-state index contributed by atoms with van der Waals surface area (Å²) in [6.45, 7) is 0. The van der Waals surface area contributed by atoms with Gasteiger partial charge in [-0.2, -0.15) is 11.8 Å². The highest BCUT2D eigenvalue weighted by atomic mass is 79.9. The Morgan fingerprint density at radius 2 is 2.47 bits per heavy atom. The number of nitrogens with one attached hydrogen (secondary N) is 1. The average molecular weight is 306 g/mol. The highest BCUT2D eigenvalue weighted by Crippen LogP contribution is 2.31. The molecule has 1 aromatic heterocycles. The summed E-state index contributed by atoms with van der Waals surface area (Å²) in [6.07, 6.45) is 3.94. The third-order valence-electron chi connectivity index (χ3n) is 2.83. The molecule has 0 aromatic carbocycles. The van der Waals surface area contributed by atoms with E-state index in [4.69, 9.17) is 0 Å². The Bertz CT molecular complexity index is 307. The molecular weight excluding hydrogens is 290 g/mol. The van der Waals surface area contributed by atoms with Gasteiger partial charge in [-0.05, 0) is 60.1 Å². The van der Waals surface area contributed by atoms with Crippen LogP contribution in [0.15, 0.2) is 15.9 Å². The largest absolute Gasteiger partial charge is 0.316 e. The molecule has 1 nitrogen and oxygen atoms in total. The number of hydrogen-bond acceptors (Lipinski definition) is 3. The van der Waals surface area contributed by atoms with Crippen LogP contribution in [0.5, 0.6) is 0 Å². The zero-order chi connectivity index (χ0) is 10.7. The van der Waals surface area contributed by atoms with Crippen LogP contribution in [0.25, 0.3) is 0 Å². The molecule has 2 rings (SSSR count). The first-order chi connectivity index (χ1) is 7.29. The quantitative estimate of drug-likeness (QED) is 0.913. The van der Waals surface area contributed by atoms with Crippen LogP contribution in [0.1, 0.15) is 17.7 Å². The van der Waals surface area contributed by atoms with Gasteiger partial charge < -0.3 is 5.32 Å². The van der Waals surface area contributed by atoms with Crippen molar-refractivity contribution in [3.63, 3.8) is 0 Å². The Kier molecular flexibility index (Phi) is 4.55. The first kappa shape index (κ1) is 12.0. The molecule has 0 amide bonds. The van der Waals surface area contributed by atoms with Crippen molar-refractivity contribution in [3.8, 4) is 0 Å². The molecule has 1 aliphatic heterocycles. The van der Waals surface area contributed by atoms with Crippen LogP contribution < -0.4 is 5.32 Å². The van der Waals surface area contributed by atoms with Gasteiger partial charge in [0.05, 0.1) is 3.79 Å². The standard InChI is InChI=1S/C11H16BrNS2/c1-13-9(10-3-2-6-14-10)7-8-4-5-11(12)15-8/h4-5,9-10,13H,2-3,6-7H2,1H3. The highest BCUT2D eigenvalue weighted by Gasteiger charge is 2.24. The maximum atomic E-state index is 3.52. The lowest BCUT2D eigenvalue weighted by molar-refractivity contribution is 0.527. The fourth-order valence-electron chi connectivity index (χ4n) is 2.02. The first-order valence-electron chi connectivity index (χ1n) is 5.32. The van der Waals surface area contributed by atoms with Gasteiger partial charge in [-0.25, -0.2) is 0 Å². The lowest BCUT2D eigenvalue weighted by Crippen LogP contribution is -2.36. The van der Waals surface area contributed by atoms with Gasteiger partial charge in [0, 0.05) is 16.2 Å². The smallest absolute Gasteiger partial charge is 0.0701 e. The monoisotopic (exact) mass is 305 g/mol. The van der Waals surface area contributed by atoms with E-state index in [1.165, 1.54) is 33.7 Å². The van der Waals surface area contributed by atoms with E-state index < -0.39 is 0 Å². The molecule has 4 heteroatoms. The maximum absolute atomic E-state index is 3.52. The van der Waals surface area contributed by atoms with E-state index >= 15 is 0 Å². The second kappa shape index (κ2) is 5.71. The van der Waals surface area contributed by atoms with E-state index in [0.717, 1.165) is 5.25 Å². The van der Waals surface area contributed by atoms with E-state index in [0.29, 0.717) is 6.04 Å². The summed E-state index contributed by atoms with van der Waals surface area (Å²) in [4.78, 5) is 1.48. The van der Waals surface area contributed by atoms with Crippen molar-refractivity contribution >= 4 is 39.0 Å². The van der Waals surface area contributed by atoms with E-state index in [1.807, 2.05) is 11.3 Å². The number of hydrogen-bond donors (Lipinski definition) is 1. The molecule has 1 aromatic rings. The predicted octanol–water partition coefficient (Wildman–Crippen LogP) is 3.54.